The smallest absolute Gasteiger partial charge is 0.274 e. The molecule has 0 saturated carbocycles. The number of aromatic nitrogens is 1. The maximum atomic E-state index is 10.8. The largest absolute Gasteiger partial charge is 0.464 e. The van der Waals surface area contributed by atoms with Crippen LogP contribution in [0.5, 0.6) is 0 Å². The molecule has 9 heteroatoms. The highest BCUT2D eigenvalue weighted by Gasteiger charge is 2.05. The summed E-state index contributed by atoms with van der Waals surface area (Å²) in [6.07, 6.45) is 4.36. The zero-order chi connectivity index (χ0) is 19.5. The molecule has 146 valence electrons. The molecule has 0 radical (unpaired) electrons. The van der Waals surface area contributed by atoms with E-state index >= 15 is 0 Å². The van der Waals surface area contributed by atoms with Crippen LogP contribution in [-0.2, 0) is 18.8 Å². The van der Waals surface area contributed by atoms with Gasteiger partial charge >= 0.3 is 0 Å². The van der Waals surface area contributed by atoms with Crippen LogP contribution >= 0.6 is 11.8 Å². The lowest BCUT2D eigenvalue weighted by Crippen LogP contribution is -2.28. The summed E-state index contributed by atoms with van der Waals surface area (Å²) in [6.45, 7) is 1.86. The van der Waals surface area contributed by atoms with E-state index in [2.05, 4.69) is 20.5 Å². The summed E-state index contributed by atoms with van der Waals surface area (Å²) >= 11 is 1.71. The molecule has 27 heavy (non-hydrogen) atoms. The highest BCUT2D eigenvalue weighted by Crippen LogP contribution is 2.16. The van der Waals surface area contributed by atoms with Crippen LogP contribution in [0.25, 0.3) is 0 Å². The van der Waals surface area contributed by atoms with E-state index in [1.807, 2.05) is 38.4 Å². The monoisotopic (exact) mass is 391 g/mol. The second-order valence-corrected chi connectivity index (χ2v) is 7.23. The van der Waals surface area contributed by atoms with Crippen molar-refractivity contribution in [2.24, 2.45) is 0 Å². The normalized spacial score (nSPS) is 11.6. The molecule has 0 atom stereocenters. The first-order chi connectivity index (χ1) is 13.0. The van der Waals surface area contributed by atoms with E-state index in [1.54, 1.807) is 24.2 Å². The highest BCUT2D eigenvalue weighted by molar-refractivity contribution is 7.98. The number of furan rings is 1. The van der Waals surface area contributed by atoms with Crippen molar-refractivity contribution in [3.8, 4) is 0 Å². The molecule has 0 aromatic carbocycles. The lowest BCUT2D eigenvalue weighted by atomic mass is 10.3. The Morgan fingerprint density at radius 2 is 2.15 bits per heavy atom. The summed E-state index contributed by atoms with van der Waals surface area (Å²) in [5.74, 6) is 3.84. The van der Waals surface area contributed by atoms with E-state index in [4.69, 9.17) is 4.42 Å². The average Bonchev–Trinajstić information content (AvgIpc) is 3.06. The highest BCUT2D eigenvalue weighted by atomic mass is 32.2. The molecule has 2 aromatic rings. The number of nitrogens with one attached hydrogen (secondary N) is 2. The molecule has 2 rings (SSSR count). The Hall–Kier alpha value is -2.52. The summed E-state index contributed by atoms with van der Waals surface area (Å²) in [6, 6.07) is 7.73. The number of hydrogen-bond donors (Lipinski definition) is 2. The number of nitro groups is 1. The van der Waals surface area contributed by atoms with Crippen LogP contribution in [0, 0.1) is 10.1 Å². The minimum atomic E-state index is -0.471. The first-order valence-electron chi connectivity index (χ1n) is 8.55. The number of rotatable bonds is 12. The third-order valence-electron chi connectivity index (χ3n) is 3.44. The van der Waals surface area contributed by atoms with Crippen LogP contribution in [-0.4, -0.2) is 41.2 Å². The Morgan fingerprint density at radius 3 is 2.85 bits per heavy atom. The van der Waals surface area contributed by atoms with Crippen LogP contribution in [0.15, 0.2) is 53.1 Å². The molecule has 0 aliphatic rings. The maximum absolute atomic E-state index is 10.8. The lowest BCUT2D eigenvalue weighted by Gasteiger charge is -2.11. The molecule has 0 fully saturated rings. The van der Waals surface area contributed by atoms with Gasteiger partial charge in [-0.15, -0.1) is 0 Å². The summed E-state index contributed by atoms with van der Waals surface area (Å²) in [4.78, 5) is 16.4. The quantitative estimate of drug-likeness (QED) is 0.323. The van der Waals surface area contributed by atoms with Gasteiger partial charge in [-0.25, -0.2) is 0 Å². The van der Waals surface area contributed by atoms with Crippen molar-refractivity contribution in [2.75, 3.05) is 26.4 Å². The van der Waals surface area contributed by atoms with Gasteiger partial charge < -0.3 is 20.0 Å². The molecule has 2 N–H and O–H groups in total. The van der Waals surface area contributed by atoms with E-state index < -0.39 is 4.92 Å². The van der Waals surface area contributed by atoms with E-state index in [-0.39, 0.29) is 0 Å². The third-order valence-corrected chi connectivity index (χ3v) is 4.42. The molecule has 0 unspecified atom stereocenters. The molecular formula is C18H25N5O3S. The average molecular weight is 391 g/mol. The minimum Gasteiger partial charge on any atom is -0.464 e. The van der Waals surface area contributed by atoms with Crippen molar-refractivity contribution in [3.63, 3.8) is 0 Å². The lowest BCUT2D eigenvalue weighted by molar-refractivity contribution is -0.404. The molecule has 2 heterocycles. The van der Waals surface area contributed by atoms with Gasteiger partial charge in [0.25, 0.3) is 6.20 Å². The SMILES string of the molecule is CN(C)Cc1ccc(CSCCN/C(=C/[N+](=O)[O-])NCc2cccnc2)o1. The first-order valence-corrected chi connectivity index (χ1v) is 9.70. The number of hydrogen-bond acceptors (Lipinski definition) is 8. The van der Waals surface area contributed by atoms with Gasteiger partial charge in [0.05, 0.1) is 17.2 Å². The van der Waals surface area contributed by atoms with Gasteiger partial charge in [-0.1, -0.05) is 6.07 Å². The third kappa shape index (κ3) is 8.61. The predicted molar refractivity (Wildman–Crippen MR) is 106 cm³/mol. The minimum absolute atomic E-state index is 0.385. The fraction of sp³-hybridized carbons (Fsp3) is 0.389. The molecule has 0 spiro atoms. The van der Waals surface area contributed by atoms with Crippen molar-refractivity contribution in [3.05, 3.63) is 75.9 Å². The standard InChI is InChI=1S/C18H25N5O3S/c1-22(2)12-16-5-6-17(26-16)14-27-9-8-20-18(13-23(24)25)21-11-15-4-3-7-19-10-15/h3-7,10,13,20-21H,8-9,11-12,14H2,1-2H3/b18-13-. The fourth-order valence-corrected chi connectivity index (χ4v) is 3.03. The van der Waals surface area contributed by atoms with Crippen LogP contribution in [0.4, 0.5) is 0 Å². The zero-order valence-corrected chi connectivity index (χ0v) is 16.4. The Kier molecular flexibility index (Phi) is 8.66. The van der Waals surface area contributed by atoms with Crippen molar-refractivity contribution in [1.29, 1.82) is 0 Å². The first kappa shape index (κ1) is 20.8. The number of pyridine rings is 1. The van der Waals surface area contributed by atoms with E-state index in [9.17, 15) is 10.1 Å². The molecule has 0 bridgehead atoms. The number of nitrogens with zero attached hydrogens (tertiary/aromatic N) is 3. The topological polar surface area (TPSA) is 96.5 Å². The van der Waals surface area contributed by atoms with Crippen molar-refractivity contribution >= 4 is 11.8 Å². The molecule has 0 amide bonds. The van der Waals surface area contributed by atoms with E-state index in [1.165, 1.54) is 0 Å². The van der Waals surface area contributed by atoms with Crippen LogP contribution < -0.4 is 10.6 Å². The van der Waals surface area contributed by atoms with Crippen LogP contribution in [0.3, 0.4) is 0 Å². The van der Waals surface area contributed by atoms with Gasteiger partial charge in [0.2, 0.25) is 0 Å². The van der Waals surface area contributed by atoms with Gasteiger partial charge in [0.1, 0.15) is 11.5 Å². The second kappa shape index (κ2) is 11.2. The summed E-state index contributed by atoms with van der Waals surface area (Å²) < 4.78 is 5.76. The molecule has 8 nitrogen and oxygen atoms in total. The Labute approximate surface area is 163 Å². The summed E-state index contributed by atoms with van der Waals surface area (Å²) in [5, 5.41) is 16.9. The molecule has 0 aliphatic heterocycles. The van der Waals surface area contributed by atoms with Gasteiger partial charge in [-0.3, -0.25) is 15.1 Å². The fourth-order valence-electron chi connectivity index (χ4n) is 2.29. The van der Waals surface area contributed by atoms with Gasteiger partial charge in [0.15, 0.2) is 5.82 Å². The summed E-state index contributed by atoms with van der Waals surface area (Å²) in [7, 11) is 4.00. The van der Waals surface area contributed by atoms with Gasteiger partial charge in [0, 0.05) is 31.2 Å². The van der Waals surface area contributed by atoms with E-state index in [0.29, 0.717) is 18.9 Å². The zero-order valence-electron chi connectivity index (χ0n) is 15.6. The molecule has 0 saturated heterocycles. The van der Waals surface area contributed by atoms with Gasteiger partial charge in [-0.05, 0) is 37.9 Å². The molecule has 2 aromatic heterocycles. The maximum Gasteiger partial charge on any atom is 0.274 e. The van der Waals surface area contributed by atoms with Crippen LogP contribution in [0.1, 0.15) is 17.1 Å². The van der Waals surface area contributed by atoms with Crippen molar-refractivity contribution in [1.82, 2.24) is 20.5 Å². The second-order valence-electron chi connectivity index (χ2n) is 6.13. The van der Waals surface area contributed by atoms with Crippen molar-refractivity contribution in [2.45, 2.75) is 18.8 Å². The summed E-state index contributed by atoms with van der Waals surface area (Å²) in [5.41, 5.74) is 0.953. The molecular weight excluding hydrogens is 366 g/mol. The Morgan fingerprint density at radius 1 is 1.33 bits per heavy atom. The van der Waals surface area contributed by atoms with Crippen LogP contribution in [0.2, 0.25) is 0 Å². The van der Waals surface area contributed by atoms with E-state index in [0.717, 1.165) is 41.3 Å². The Balaban J connectivity index is 1.70. The predicted octanol–water partition coefficient (Wildman–Crippen LogP) is 2.42. The van der Waals surface area contributed by atoms with Crippen molar-refractivity contribution < 1.29 is 9.34 Å². The Bertz CT molecular complexity index is 734. The molecule has 0 aliphatic carbocycles. The number of thioether (sulfide) groups is 1. The van der Waals surface area contributed by atoms with Gasteiger partial charge in [-0.2, -0.15) is 11.8 Å².